The van der Waals surface area contributed by atoms with Crippen molar-refractivity contribution < 1.29 is 87.8 Å². The lowest BCUT2D eigenvalue weighted by atomic mass is 10.1. The maximum absolute atomic E-state index is 13.7. The summed E-state index contributed by atoms with van der Waals surface area (Å²) in [5, 5.41) is 21.7. The number of quaternary nitrogens is 1. The summed E-state index contributed by atoms with van der Waals surface area (Å²) >= 11 is 0. The first-order valence-electron chi connectivity index (χ1n) is 20.1. The third-order valence-electron chi connectivity index (χ3n) is 10.0. The normalized spacial score (nSPS) is 11.9. The van der Waals surface area contributed by atoms with Crippen molar-refractivity contribution in [2.24, 2.45) is 0 Å². The Balaban J connectivity index is 0.000000211. The molecule has 6 rings (SSSR count). The number of halogens is 8. The number of esters is 2. The molecule has 0 saturated carbocycles. The van der Waals surface area contributed by atoms with Crippen LogP contribution in [0.3, 0.4) is 0 Å². The maximum atomic E-state index is 13.7. The van der Waals surface area contributed by atoms with Crippen molar-refractivity contribution in [3.8, 4) is 57.5 Å². The summed E-state index contributed by atoms with van der Waals surface area (Å²) in [4.78, 5) is 22.9. The van der Waals surface area contributed by atoms with Crippen LogP contribution >= 0.6 is 0 Å². The molecular formula is C44H47F8NO10. The standard InChI is InChI=1S/C16H36N.2C14H6F4O5/c1-5-9-13-17(14-10-6-2,15-11-7-3)16-12-8-4;2*1-21-14(20)4-2-5(19)11-6(3-4)22-12-9(17)7(15)8(16)10(18)13(12)23-11/h5-16H2,1-4H3;2*2-3,19H,1H3/q+1;;/p-1. The quantitative estimate of drug-likeness (QED) is 0.0370. The van der Waals surface area contributed by atoms with E-state index in [0.717, 1.165) is 38.5 Å². The Morgan fingerprint density at radius 2 is 0.825 bits per heavy atom. The van der Waals surface area contributed by atoms with E-state index in [1.54, 1.807) is 0 Å². The molecule has 0 aliphatic carbocycles. The molecule has 344 valence electrons. The Hall–Kier alpha value is -5.98. The number of methoxy groups -OCH3 is 2. The highest BCUT2D eigenvalue weighted by Crippen LogP contribution is 2.54. The molecule has 2 aliphatic heterocycles. The molecule has 0 fully saturated rings. The zero-order valence-corrected chi connectivity index (χ0v) is 35.4. The molecule has 0 atom stereocenters. The second-order valence-corrected chi connectivity index (χ2v) is 14.5. The number of fused-ring (bicyclic) bond motifs is 4. The largest absolute Gasteiger partial charge is 0.870 e. The zero-order valence-electron chi connectivity index (χ0n) is 35.4. The van der Waals surface area contributed by atoms with E-state index >= 15 is 0 Å². The fraction of sp³-hybridized carbons (Fsp3) is 0.409. The third kappa shape index (κ3) is 11.0. The summed E-state index contributed by atoms with van der Waals surface area (Å²) in [6.45, 7) is 15.0. The first kappa shape index (κ1) is 49.7. The second-order valence-electron chi connectivity index (χ2n) is 14.5. The van der Waals surface area contributed by atoms with Crippen LogP contribution in [0.4, 0.5) is 35.1 Å². The summed E-state index contributed by atoms with van der Waals surface area (Å²) in [5.41, 5.74) is -0.425. The highest BCUT2D eigenvalue weighted by atomic mass is 19.2. The minimum atomic E-state index is -2.10. The van der Waals surface area contributed by atoms with E-state index in [1.807, 2.05) is 0 Å². The fourth-order valence-corrected chi connectivity index (χ4v) is 6.61. The molecule has 11 nitrogen and oxygen atoms in total. The van der Waals surface area contributed by atoms with Gasteiger partial charge < -0.3 is 43.1 Å². The van der Waals surface area contributed by atoms with Crippen LogP contribution in [0.25, 0.3) is 0 Å². The minimum Gasteiger partial charge on any atom is -0.870 e. The molecule has 1 N–H and O–H groups in total. The SMILES string of the molecule is CCCC[N+](CCCC)(CCCC)CCCC.COC(=O)c1cc(O)c2c(c1)Oc1c(F)c(F)c(F)c(F)c1O2.COC(=O)c1cc([O-])c2c(c1)Oc1c(F)c(F)c(F)c(F)c1O2. The molecule has 0 amide bonds. The molecular weight excluding hydrogens is 854 g/mol. The lowest BCUT2D eigenvalue weighted by molar-refractivity contribution is -0.929. The van der Waals surface area contributed by atoms with Crippen LogP contribution in [-0.2, 0) is 9.47 Å². The van der Waals surface area contributed by atoms with Crippen molar-refractivity contribution >= 4 is 11.9 Å². The number of hydrogen-bond donors (Lipinski definition) is 1. The fourth-order valence-electron chi connectivity index (χ4n) is 6.61. The number of ether oxygens (including phenoxy) is 6. The summed E-state index contributed by atoms with van der Waals surface area (Å²) in [7, 11) is 2.14. The molecule has 19 heteroatoms. The van der Waals surface area contributed by atoms with Gasteiger partial charge in [0.25, 0.3) is 0 Å². The molecule has 2 aliphatic rings. The van der Waals surface area contributed by atoms with Crippen LogP contribution in [-0.4, -0.2) is 61.9 Å². The van der Waals surface area contributed by atoms with Gasteiger partial charge in [0.05, 0.1) is 51.5 Å². The van der Waals surface area contributed by atoms with Crippen LogP contribution < -0.4 is 24.1 Å². The van der Waals surface area contributed by atoms with Crippen molar-refractivity contribution in [2.75, 3.05) is 40.4 Å². The number of nitrogens with zero attached hydrogens (tertiary/aromatic N) is 1. The van der Waals surface area contributed by atoms with E-state index in [1.165, 1.54) is 82.0 Å². The second kappa shape index (κ2) is 21.9. The molecule has 0 unspecified atom stereocenters. The van der Waals surface area contributed by atoms with Gasteiger partial charge in [-0.3, -0.25) is 0 Å². The van der Waals surface area contributed by atoms with Gasteiger partial charge in [-0.2, -0.15) is 17.6 Å². The Kier molecular flexibility index (Phi) is 17.3. The highest BCUT2D eigenvalue weighted by molar-refractivity contribution is 5.92. The first-order chi connectivity index (χ1) is 29.9. The molecule has 0 spiro atoms. The van der Waals surface area contributed by atoms with Crippen molar-refractivity contribution in [1.29, 1.82) is 0 Å². The summed E-state index contributed by atoms with van der Waals surface area (Å²) in [6.07, 6.45) is 11.1. The van der Waals surface area contributed by atoms with Gasteiger partial charge in [-0.1, -0.05) is 65.2 Å². The van der Waals surface area contributed by atoms with Gasteiger partial charge in [0.1, 0.15) is 0 Å². The smallest absolute Gasteiger partial charge is 0.338 e. The number of hydrogen-bond acceptors (Lipinski definition) is 10. The van der Waals surface area contributed by atoms with E-state index in [4.69, 9.17) is 18.9 Å². The Morgan fingerprint density at radius 1 is 0.508 bits per heavy atom. The van der Waals surface area contributed by atoms with Gasteiger partial charge in [-0.25, -0.2) is 27.2 Å². The average Bonchev–Trinajstić information content (AvgIpc) is 3.29. The molecule has 0 saturated heterocycles. The van der Waals surface area contributed by atoms with E-state index in [0.29, 0.717) is 0 Å². The van der Waals surface area contributed by atoms with Crippen LogP contribution in [0.15, 0.2) is 24.3 Å². The molecule has 2 heterocycles. The molecule has 4 aromatic carbocycles. The minimum absolute atomic E-state index is 0.181. The van der Waals surface area contributed by atoms with Crippen molar-refractivity contribution in [3.05, 3.63) is 81.9 Å². The van der Waals surface area contributed by atoms with E-state index < -0.39 is 116 Å². The van der Waals surface area contributed by atoms with Gasteiger partial charge in [0.15, 0.2) is 23.0 Å². The Labute approximate surface area is 358 Å². The van der Waals surface area contributed by atoms with Gasteiger partial charge in [0, 0.05) is 0 Å². The number of phenols is 1. The first-order valence-corrected chi connectivity index (χ1v) is 20.1. The van der Waals surface area contributed by atoms with Crippen molar-refractivity contribution in [3.63, 3.8) is 0 Å². The number of rotatable bonds is 14. The number of benzene rings is 4. The monoisotopic (exact) mass is 901 g/mol. The Morgan fingerprint density at radius 3 is 1.17 bits per heavy atom. The third-order valence-corrected chi connectivity index (χ3v) is 10.0. The maximum Gasteiger partial charge on any atom is 0.338 e. The number of carbonyl (C=O) groups excluding carboxylic acids is 2. The molecule has 4 aromatic rings. The highest BCUT2D eigenvalue weighted by Gasteiger charge is 2.36. The van der Waals surface area contributed by atoms with Crippen molar-refractivity contribution in [2.45, 2.75) is 79.1 Å². The van der Waals surface area contributed by atoms with Gasteiger partial charge in [-0.05, 0) is 43.9 Å². The molecule has 0 bridgehead atoms. The van der Waals surface area contributed by atoms with Crippen LogP contribution in [0.5, 0.6) is 57.5 Å². The lowest BCUT2D eigenvalue weighted by Gasteiger charge is -2.39. The molecule has 0 radical (unpaired) electrons. The summed E-state index contributed by atoms with van der Waals surface area (Å²) < 4.78 is 137. The Bertz CT molecular complexity index is 2130. The number of phenolic OH excluding ortho intramolecular Hbond substituents is 1. The van der Waals surface area contributed by atoms with Gasteiger partial charge >= 0.3 is 11.9 Å². The van der Waals surface area contributed by atoms with E-state index in [-0.39, 0.29) is 11.1 Å². The number of aromatic hydroxyl groups is 1. The zero-order chi connectivity index (χ0) is 46.8. The van der Waals surface area contributed by atoms with Crippen LogP contribution in [0.1, 0.15) is 99.8 Å². The topological polar surface area (TPSA) is 133 Å². The van der Waals surface area contributed by atoms with E-state index in [9.17, 15) is 54.9 Å². The van der Waals surface area contributed by atoms with Crippen LogP contribution in [0, 0.1) is 46.5 Å². The predicted molar refractivity (Wildman–Crippen MR) is 209 cm³/mol. The average molecular weight is 902 g/mol. The molecule has 63 heavy (non-hydrogen) atoms. The van der Waals surface area contributed by atoms with Crippen LogP contribution in [0.2, 0.25) is 0 Å². The van der Waals surface area contributed by atoms with Crippen molar-refractivity contribution in [1.82, 2.24) is 0 Å². The van der Waals surface area contributed by atoms with Gasteiger partial charge in [0.2, 0.25) is 75.3 Å². The lowest BCUT2D eigenvalue weighted by Crippen LogP contribution is -2.50. The number of carbonyl (C=O) groups is 2. The van der Waals surface area contributed by atoms with Gasteiger partial charge in [-0.15, -0.1) is 0 Å². The summed E-state index contributed by atoms with van der Waals surface area (Å²) in [6, 6.07) is 3.70. The predicted octanol–water partition coefficient (Wildman–Crippen LogP) is 11.6. The summed E-state index contributed by atoms with van der Waals surface area (Å²) in [5.74, 6) is -25.2. The number of unbranched alkanes of at least 4 members (excludes halogenated alkanes) is 4. The van der Waals surface area contributed by atoms with E-state index in [2.05, 4.69) is 37.2 Å². The molecule has 0 aromatic heterocycles.